The Balaban J connectivity index is 1.54. The van der Waals surface area contributed by atoms with E-state index in [1.807, 2.05) is 38.1 Å². The monoisotopic (exact) mass is 627 g/mol. The van der Waals surface area contributed by atoms with Crippen molar-refractivity contribution < 1.29 is 27.4 Å². The minimum absolute atomic E-state index is 0.00652. The predicted octanol–water partition coefficient (Wildman–Crippen LogP) is 7.40. The first-order valence-electron chi connectivity index (χ1n) is 13.2. The fourth-order valence-corrected chi connectivity index (χ4v) is 5.32. The smallest absolute Gasteiger partial charge is 0.177 e. The molecule has 1 aromatic heterocycles. The standard InChI is InChI=1S/C32H31Cl2NO6S/c1-21-24(7-4-8-27(21)28-9-5-10-30(22(28)2)39-12-6-11-33)20-41-32-15-31(25(18-36)14-29(32)34)40-19-23-13-26(17-35-16-23)42(3,37)38/h4-5,7-10,13-18H,6,11-12,19-20H2,1-3H3. The molecule has 0 atom stereocenters. The van der Waals surface area contributed by atoms with Crippen molar-refractivity contribution in [3.05, 3.63) is 99.8 Å². The van der Waals surface area contributed by atoms with Crippen molar-refractivity contribution in [2.75, 3.05) is 18.7 Å². The van der Waals surface area contributed by atoms with Gasteiger partial charge in [-0.1, -0.05) is 41.9 Å². The van der Waals surface area contributed by atoms with E-state index in [4.69, 9.17) is 37.4 Å². The number of alkyl halides is 1. The van der Waals surface area contributed by atoms with Gasteiger partial charge in [0, 0.05) is 36.2 Å². The quantitative estimate of drug-likeness (QED) is 0.0866. The summed E-state index contributed by atoms with van der Waals surface area (Å²) in [7, 11) is -3.42. The fraction of sp³-hybridized carbons (Fsp3) is 0.250. The lowest BCUT2D eigenvalue weighted by atomic mass is 9.93. The van der Waals surface area contributed by atoms with Crippen LogP contribution in [0.25, 0.3) is 11.1 Å². The van der Waals surface area contributed by atoms with Crippen LogP contribution < -0.4 is 14.2 Å². The van der Waals surface area contributed by atoms with Gasteiger partial charge in [-0.15, -0.1) is 11.6 Å². The van der Waals surface area contributed by atoms with Crippen molar-refractivity contribution >= 4 is 39.3 Å². The lowest BCUT2D eigenvalue weighted by Gasteiger charge is -2.17. The molecule has 7 nitrogen and oxygen atoms in total. The number of aldehydes is 1. The van der Waals surface area contributed by atoms with Crippen LogP contribution in [0.4, 0.5) is 0 Å². The van der Waals surface area contributed by atoms with E-state index in [2.05, 4.69) is 17.1 Å². The second-order valence-electron chi connectivity index (χ2n) is 9.73. The number of carbonyl (C=O) groups excluding carboxylic acids is 1. The van der Waals surface area contributed by atoms with E-state index in [1.54, 1.807) is 6.07 Å². The third-order valence-electron chi connectivity index (χ3n) is 6.72. The zero-order valence-electron chi connectivity index (χ0n) is 23.5. The summed E-state index contributed by atoms with van der Waals surface area (Å²) >= 11 is 12.3. The lowest BCUT2D eigenvalue weighted by molar-refractivity contribution is 0.111. The first-order valence-corrected chi connectivity index (χ1v) is 16.0. The molecule has 0 bridgehead atoms. The van der Waals surface area contributed by atoms with Crippen molar-refractivity contribution in [2.24, 2.45) is 0 Å². The number of pyridine rings is 1. The van der Waals surface area contributed by atoms with Crippen LogP contribution >= 0.6 is 23.2 Å². The first-order chi connectivity index (χ1) is 20.1. The highest BCUT2D eigenvalue weighted by molar-refractivity contribution is 7.90. The van der Waals surface area contributed by atoms with E-state index in [0.29, 0.717) is 30.1 Å². The molecule has 1 heterocycles. The van der Waals surface area contributed by atoms with Crippen LogP contribution in [0.5, 0.6) is 17.2 Å². The van der Waals surface area contributed by atoms with E-state index in [1.165, 1.54) is 24.5 Å². The molecule has 0 aliphatic heterocycles. The van der Waals surface area contributed by atoms with Crippen LogP contribution in [0.2, 0.25) is 5.02 Å². The molecule has 0 amide bonds. The number of hydrogen-bond acceptors (Lipinski definition) is 7. The van der Waals surface area contributed by atoms with Crippen LogP contribution in [-0.4, -0.2) is 38.4 Å². The molecule has 0 spiro atoms. The largest absolute Gasteiger partial charge is 0.493 e. The Morgan fingerprint density at radius 3 is 2.29 bits per heavy atom. The molecule has 4 rings (SSSR count). The molecule has 0 aliphatic carbocycles. The highest BCUT2D eigenvalue weighted by Gasteiger charge is 2.15. The van der Waals surface area contributed by atoms with Gasteiger partial charge >= 0.3 is 0 Å². The van der Waals surface area contributed by atoms with Crippen LogP contribution in [0.1, 0.15) is 39.0 Å². The summed E-state index contributed by atoms with van der Waals surface area (Å²) in [6, 6.07) is 16.6. The van der Waals surface area contributed by atoms with Gasteiger partial charge in [0.05, 0.1) is 22.1 Å². The second kappa shape index (κ2) is 14.1. The molecule has 4 aromatic rings. The van der Waals surface area contributed by atoms with Gasteiger partial charge < -0.3 is 14.2 Å². The highest BCUT2D eigenvalue weighted by atomic mass is 35.5. The van der Waals surface area contributed by atoms with Crippen LogP contribution in [0.3, 0.4) is 0 Å². The molecule has 0 aliphatic rings. The summed E-state index contributed by atoms with van der Waals surface area (Å²) in [4.78, 5) is 15.8. The van der Waals surface area contributed by atoms with Crippen molar-refractivity contribution in [3.8, 4) is 28.4 Å². The molecule has 0 saturated heterocycles. The summed E-state index contributed by atoms with van der Waals surface area (Å²) in [6.45, 7) is 4.86. The summed E-state index contributed by atoms with van der Waals surface area (Å²) < 4.78 is 41.7. The zero-order chi connectivity index (χ0) is 30.3. The molecule has 0 fully saturated rings. The van der Waals surface area contributed by atoms with Crippen LogP contribution in [0.15, 0.2) is 71.9 Å². The molecule has 0 N–H and O–H groups in total. The molecular formula is C32H31Cl2NO6S. The van der Waals surface area contributed by atoms with Gasteiger partial charge in [0.15, 0.2) is 16.1 Å². The summed E-state index contributed by atoms with van der Waals surface area (Å²) in [6.07, 6.45) is 5.29. The van der Waals surface area contributed by atoms with Crippen molar-refractivity contribution in [1.29, 1.82) is 0 Å². The number of halogens is 2. The van der Waals surface area contributed by atoms with Gasteiger partial charge in [0.1, 0.15) is 30.5 Å². The van der Waals surface area contributed by atoms with Gasteiger partial charge in [-0.25, -0.2) is 8.42 Å². The summed E-state index contributed by atoms with van der Waals surface area (Å²) in [5.41, 5.74) is 5.95. The number of aromatic nitrogens is 1. The number of carbonyl (C=O) groups is 1. The van der Waals surface area contributed by atoms with Gasteiger partial charge in [0.2, 0.25) is 0 Å². The highest BCUT2D eigenvalue weighted by Crippen LogP contribution is 2.36. The van der Waals surface area contributed by atoms with E-state index < -0.39 is 9.84 Å². The van der Waals surface area contributed by atoms with Crippen LogP contribution in [-0.2, 0) is 23.1 Å². The second-order valence-corrected chi connectivity index (χ2v) is 12.5. The Morgan fingerprint density at radius 2 is 1.57 bits per heavy atom. The van der Waals surface area contributed by atoms with E-state index in [0.717, 1.165) is 46.2 Å². The molecular weight excluding hydrogens is 597 g/mol. The molecule has 0 radical (unpaired) electrons. The van der Waals surface area contributed by atoms with Gasteiger partial charge in [-0.3, -0.25) is 9.78 Å². The maximum absolute atomic E-state index is 11.9. The Labute approximate surface area is 256 Å². The van der Waals surface area contributed by atoms with Gasteiger partial charge in [-0.2, -0.15) is 0 Å². The maximum atomic E-state index is 11.9. The minimum atomic E-state index is -3.42. The first kappa shape index (κ1) is 31.3. The number of rotatable bonds is 13. The van der Waals surface area contributed by atoms with Crippen molar-refractivity contribution in [1.82, 2.24) is 4.98 Å². The topological polar surface area (TPSA) is 91.8 Å². The third kappa shape index (κ3) is 7.62. The number of ether oxygens (including phenoxy) is 3. The average Bonchev–Trinajstić information content (AvgIpc) is 2.97. The zero-order valence-corrected chi connectivity index (χ0v) is 25.9. The third-order valence-corrected chi connectivity index (χ3v) is 8.36. The van der Waals surface area contributed by atoms with E-state index >= 15 is 0 Å². The van der Waals surface area contributed by atoms with Crippen molar-refractivity contribution in [3.63, 3.8) is 0 Å². The molecule has 42 heavy (non-hydrogen) atoms. The Morgan fingerprint density at radius 1 is 0.857 bits per heavy atom. The number of benzene rings is 3. The summed E-state index contributed by atoms with van der Waals surface area (Å²) in [5, 5.41) is 0.261. The molecule has 3 aromatic carbocycles. The predicted molar refractivity (Wildman–Crippen MR) is 165 cm³/mol. The maximum Gasteiger partial charge on any atom is 0.177 e. The molecule has 0 saturated carbocycles. The number of hydrogen-bond donors (Lipinski definition) is 0. The number of sulfone groups is 1. The minimum Gasteiger partial charge on any atom is -0.493 e. The normalized spacial score (nSPS) is 11.3. The fourth-order valence-electron chi connectivity index (χ4n) is 4.37. The Kier molecular flexibility index (Phi) is 10.5. The van der Waals surface area contributed by atoms with E-state index in [9.17, 15) is 13.2 Å². The number of nitrogens with zero attached hydrogens (tertiary/aromatic N) is 1. The van der Waals surface area contributed by atoms with Gasteiger partial charge in [0.25, 0.3) is 0 Å². The lowest BCUT2D eigenvalue weighted by Crippen LogP contribution is -2.04. The Bertz CT molecular complexity index is 1690. The average molecular weight is 629 g/mol. The SMILES string of the molecule is Cc1c(COc2cc(OCc3cncc(S(C)(=O)=O)c3)c(C=O)cc2Cl)cccc1-c1cccc(OCCCCl)c1C. The molecule has 220 valence electrons. The molecule has 10 heteroatoms. The van der Waals surface area contributed by atoms with Crippen LogP contribution in [0, 0.1) is 13.8 Å². The van der Waals surface area contributed by atoms with Gasteiger partial charge in [-0.05, 0) is 66.3 Å². The van der Waals surface area contributed by atoms with E-state index in [-0.39, 0.29) is 34.4 Å². The molecule has 0 unspecified atom stereocenters. The Hall–Kier alpha value is -3.59. The summed E-state index contributed by atoms with van der Waals surface area (Å²) in [5.74, 6) is 1.97. The van der Waals surface area contributed by atoms with Crippen molar-refractivity contribution in [2.45, 2.75) is 38.4 Å².